The van der Waals surface area contributed by atoms with E-state index in [-0.39, 0.29) is 0 Å². The Hall–Kier alpha value is -2.68. The standard InChI is InChI=1S/C18H17NO2/c1-20-17-9-5-8-16(18(17)21-2)19-15-11-10-13-6-3-4-7-14(13)12-15/h3-12,19H,1-2H3. The van der Waals surface area contributed by atoms with E-state index in [1.54, 1.807) is 14.2 Å². The van der Waals surface area contributed by atoms with E-state index in [0.717, 1.165) is 11.4 Å². The van der Waals surface area contributed by atoms with Crippen LogP contribution in [0.25, 0.3) is 10.8 Å². The van der Waals surface area contributed by atoms with Gasteiger partial charge in [0.2, 0.25) is 0 Å². The number of hydrogen-bond donors (Lipinski definition) is 1. The highest BCUT2D eigenvalue weighted by Gasteiger charge is 2.09. The van der Waals surface area contributed by atoms with E-state index in [4.69, 9.17) is 9.47 Å². The van der Waals surface area contributed by atoms with Crippen LogP contribution in [0.1, 0.15) is 0 Å². The minimum absolute atomic E-state index is 0.702. The van der Waals surface area contributed by atoms with Crippen molar-refractivity contribution in [3.05, 3.63) is 60.7 Å². The normalized spacial score (nSPS) is 10.4. The Balaban J connectivity index is 1.98. The van der Waals surface area contributed by atoms with Crippen molar-refractivity contribution in [3.8, 4) is 11.5 Å². The van der Waals surface area contributed by atoms with Crippen LogP contribution in [0.3, 0.4) is 0 Å². The summed E-state index contributed by atoms with van der Waals surface area (Å²) < 4.78 is 10.8. The van der Waals surface area contributed by atoms with E-state index in [1.807, 2.05) is 30.3 Å². The third-order valence-electron chi connectivity index (χ3n) is 3.43. The van der Waals surface area contributed by atoms with Gasteiger partial charge in [-0.2, -0.15) is 0 Å². The molecule has 0 saturated carbocycles. The van der Waals surface area contributed by atoms with E-state index < -0.39 is 0 Å². The fourth-order valence-electron chi connectivity index (χ4n) is 2.41. The number of rotatable bonds is 4. The molecule has 3 nitrogen and oxygen atoms in total. The zero-order valence-electron chi connectivity index (χ0n) is 12.1. The Kier molecular flexibility index (Phi) is 3.65. The maximum absolute atomic E-state index is 5.44. The van der Waals surface area contributed by atoms with Gasteiger partial charge in [0.05, 0.1) is 19.9 Å². The number of ether oxygens (including phenoxy) is 2. The maximum Gasteiger partial charge on any atom is 0.184 e. The van der Waals surface area contributed by atoms with Crippen LogP contribution in [0.4, 0.5) is 11.4 Å². The van der Waals surface area contributed by atoms with Crippen molar-refractivity contribution in [1.29, 1.82) is 0 Å². The molecule has 106 valence electrons. The molecule has 0 bridgehead atoms. The Labute approximate surface area is 124 Å². The maximum atomic E-state index is 5.44. The molecule has 1 N–H and O–H groups in total. The number of fused-ring (bicyclic) bond motifs is 1. The SMILES string of the molecule is COc1cccc(Nc2ccc3ccccc3c2)c1OC. The van der Waals surface area contributed by atoms with Crippen molar-refractivity contribution in [2.24, 2.45) is 0 Å². The minimum Gasteiger partial charge on any atom is -0.493 e. The first kappa shape index (κ1) is 13.3. The largest absolute Gasteiger partial charge is 0.493 e. The summed E-state index contributed by atoms with van der Waals surface area (Å²) in [6, 6.07) is 20.3. The highest BCUT2D eigenvalue weighted by Crippen LogP contribution is 2.36. The fraction of sp³-hybridized carbons (Fsp3) is 0.111. The van der Waals surface area contributed by atoms with E-state index in [1.165, 1.54) is 10.8 Å². The third kappa shape index (κ3) is 2.63. The number of methoxy groups -OCH3 is 2. The highest BCUT2D eigenvalue weighted by atomic mass is 16.5. The molecular formula is C18H17NO2. The molecule has 0 aliphatic heterocycles. The van der Waals surface area contributed by atoms with Crippen LogP contribution < -0.4 is 14.8 Å². The molecule has 0 atom stereocenters. The predicted molar refractivity (Wildman–Crippen MR) is 86.8 cm³/mol. The molecule has 0 aliphatic rings. The second-order valence-corrected chi connectivity index (χ2v) is 4.73. The molecule has 0 saturated heterocycles. The third-order valence-corrected chi connectivity index (χ3v) is 3.43. The van der Waals surface area contributed by atoms with Gasteiger partial charge in [-0.05, 0) is 35.0 Å². The number of hydrogen-bond acceptors (Lipinski definition) is 3. The van der Waals surface area contributed by atoms with Crippen molar-refractivity contribution in [3.63, 3.8) is 0 Å². The second-order valence-electron chi connectivity index (χ2n) is 4.73. The lowest BCUT2D eigenvalue weighted by molar-refractivity contribution is 0.356. The van der Waals surface area contributed by atoms with Crippen LogP contribution in [0, 0.1) is 0 Å². The van der Waals surface area contributed by atoms with Gasteiger partial charge in [0.15, 0.2) is 11.5 Å². The van der Waals surface area contributed by atoms with Crippen LogP contribution in [0.2, 0.25) is 0 Å². The summed E-state index contributed by atoms with van der Waals surface area (Å²) in [5.41, 5.74) is 1.90. The Morgan fingerprint density at radius 1 is 0.762 bits per heavy atom. The van der Waals surface area contributed by atoms with Crippen LogP contribution in [0.5, 0.6) is 11.5 Å². The van der Waals surface area contributed by atoms with Crippen molar-refractivity contribution in [1.82, 2.24) is 0 Å². The number of nitrogens with one attached hydrogen (secondary N) is 1. The lowest BCUT2D eigenvalue weighted by Gasteiger charge is -2.14. The van der Waals surface area contributed by atoms with Gasteiger partial charge in [-0.15, -0.1) is 0 Å². The van der Waals surface area contributed by atoms with Gasteiger partial charge < -0.3 is 14.8 Å². The summed E-state index contributed by atoms with van der Waals surface area (Å²) in [7, 11) is 3.28. The smallest absolute Gasteiger partial charge is 0.184 e. The molecule has 0 aliphatic carbocycles. The van der Waals surface area contributed by atoms with Crippen LogP contribution >= 0.6 is 0 Å². The fourth-order valence-corrected chi connectivity index (χ4v) is 2.41. The van der Waals surface area contributed by atoms with Gasteiger partial charge in [0.25, 0.3) is 0 Å². The van der Waals surface area contributed by atoms with Gasteiger partial charge in [0.1, 0.15) is 0 Å². The highest BCUT2D eigenvalue weighted by molar-refractivity contribution is 5.87. The van der Waals surface area contributed by atoms with Crippen molar-refractivity contribution in [2.45, 2.75) is 0 Å². The first-order valence-corrected chi connectivity index (χ1v) is 6.78. The molecule has 3 rings (SSSR count). The van der Waals surface area contributed by atoms with Crippen LogP contribution in [0.15, 0.2) is 60.7 Å². The summed E-state index contributed by atoms with van der Waals surface area (Å²) in [5.74, 6) is 1.41. The summed E-state index contributed by atoms with van der Waals surface area (Å²) >= 11 is 0. The zero-order chi connectivity index (χ0) is 14.7. The quantitative estimate of drug-likeness (QED) is 0.757. The van der Waals surface area contributed by atoms with Gasteiger partial charge in [-0.25, -0.2) is 0 Å². The molecule has 3 aromatic carbocycles. The lowest BCUT2D eigenvalue weighted by Crippen LogP contribution is -1.97. The minimum atomic E-state index is 0.702. The molecule has 0 spiro atoms. The molecule has 21 heavy (non-hydrogen) atoms. The van der Waals surface area contributed by atoms with Gasteiger partial charge in [-0.3, -0.25) is 0 Å². The molecule has 0 aromatic heterocycles. The van der Waals surface area contributed by atoms with Crippen molar-refractivity contribution in [2.75, 3.05) is 19.5 Å². The summed E-state index contributed by atoms with van der Waals surface area (Å²) in [4.78, 5) is 0. The van der Waals surface area contributed by atoms with E-state index >= 15 is 0 Å². The predicted octanol–water partition coefficient (Wildman–Crippen LogP) is 4.60. The Morgan fingerprint density at radius 2 is 1.57 bits per heavy atom. The van der Waals surface area contributed by atoms with Crippen LogP contribution in [-0.2, 0) is 0 Å². The summed E-state index contributed by atoms with van der Waals surface area (Å²) in [6.45, 7) is 0. The summed E-state index contributed by atoms with van der Waals surface area (Å²) in [5, 5.41) is 5.81. The van der Waals surface area contributed by atoms with Crippen LogP contribution in [-0.4, -0.2) is 14.2 Å². The average molecular weight is 279 g/mol. The second kappa shape index (κ2) is 5.75. The summed E-state index contributed by atoms with van der Waals surface area (Å²) in [6.07, 6.45) is 0. The van der Waals surface area contributed by atoms with Crippen molar-refractivity contribution < 1.29 is 9.47 Å². The first-order valence-electron chi connectivity index (χ1n) is 6.78. The molecule has 0 radical (unpaired) electrons. The number of benzene rings is 3. The molecular weight excluding hydrogens is 262 g/mol. The van der Waals surface area contributed by atoms with Gasteiger partial charge >= 0.3 is 0 Å². The molecule has 0 unspecified atom stereocenters. The first-order chi connectivity index (χ1) is 10.3. The zero-order valence-corrected chi connectivity index (χ0v) is 12.1. The number of para-hydroxylation sites is 1. The molecule has 0 fully saturated rings. The molecule has 0 amide bonds. The van der Waals surface area contributed by atoms with E-state index in [0.29, 0.717) is 11.5 Å². The van der Waals surface area contributed by atoms with Gasteiger partial charge in [-0.1, -0.05) is 36.4 Å². The monoisotopic (exact) mass is 279 g/mol. The molecule has 0 heterocycles. The number of anilines is 2. The molecule has 3 heteroatoms. The van der Waals surface area contributed by atoms with E-state index in [9.17, 15) is 0 Å². The lowest BCUT2D eigenvalue weighted by atomic mass is 10.1. The average Bonchev–Trinajstić information content (AvgIpc) is 2.54. The topological polar surface area (TPSA) is 30.5 Å². The Bertz CT molecular complexity index is 768. The van der Waals surface area contributed by atoms with E-state index in [2.05, 4.69) is 35.6 Å². The van der Waals surface area contributed by atoms with Crippen molar-refractivity contribution >= 4 is 22.1 Å². The molecule has 3 aromatic rings. The van der Waals surface area contributed by atoms with Gasteiger partial charge in [0, 0.05) is 5.69 Å². The Morgan fingerprint density at radius 3 is 2.33 bits per heavy atom.